The van der Waals surface area contributed by atoms with E-state index in [0.29, 0.717) is 5.88 Å². The van der Waals surface area contributed by atoms with Gasteiger partial charge in [0.15, 0.2) is 0 Å². The van der Waals surface area contributed by atoms with Gasteiger partial charge in [0.2, 0.25) is 0 Å². The molecule has 2 aromatic carbocycles. The van der Waals surface area contributed by atoms with Gasteiger partial charge in [0, 0.05) is 11.6 Å². The zero-order valence-corrected chi connectivity index (χ0v) is 13.7. The Kier molecular flexibility index (Phi) is 7.55. The molecular weight excluding hydrogens is 300 g/mol. The van der Waals surface area contributed by atoms with E-state index in [2.05, 4.69) is 24.3 Å². The lowest BCUT2D eigenvalue weighted by atomic mass is 10.2. The molecule has 0 radical (unpaired) electrons. The summed E-state index contributed by atoms with van der Waals surface area (Å²) in [6.45, 7) is 0.798. The molecule has 0 aromatic heterocycles. The Labute approximate surface area is 136 Å². The van der Waals surface area contributed by atoms with E-state index in [1.54, 1.807) is 0 Å². The number of halogens is 1. The highest BCUT2D eigenvalue weighted by Gasteiger charge is 1.97. The second-order valence-corrected chi connectivity index (χ2v) is 6.25. The molecule has 2 aromatic rings. The Morgan fingerprint density at radius 2 is 1.71 bits per heavy atom. The van der Waals surface area contributed by atoms with Crippen LogP contribution >= 0.6 is 23.4 Å². The minimum atomic E-state index is 0.593. The maximum absolute atomic E-state index is 5.85. The van der Waals surface area contributed by atoms with Gasteiger partial charge in [0.1, 0.15) is 5.75 Å². The normalized spacial score (nSPS) is 10.5. The SMILES string of the molecule is ClCc1cccc(CSCCCCOc2ccccc2)c1. The summed E-state index contributed by atoms with van der Waals surface area (Å²) >= 11 is 7.82. The van der Waals surface area contributed by atoms with Crippen molar-refractivity contribution in [3.05, 3.63) is 65.7 Å². The average molecular weight is 321 g/mol. The van der Waals surface area contributed by atoms with Crippen LogP contribution in [0.25, 0.3) is 0 Å². The van der Waals surface area contributed by atoms with Crippen LogP contribution in [0.15, 0.2) is 54.6 Å². The third kappa shape index (κ3) is 6.45. The molecule has 0 aliphatic heterocycles. The van der Waals surface area contributed by atoms with Crippen LogP contribution in [0.1, 0.15) is 24.0 Å². The number of para-hydroxylation sites is 1. The molecule has 0 amide bonds. The summed E-state index contributed by atoms with van der Waals surface area (Å²) in [7, 11) is 0. The van der Waals surface area contributed by atoms with Crippen molar-refractivity contribution >= 4 is 23.4 Å². The monoisotopic (exact) mass is 320 g/mol. The first kappa shape index (κ1) is 16.3. The molecule has 0 fully saturated rings. The van der Waals surface area contributed by atoms with Gasteiger partial charge < -0.3 is 4.74 Å². The fourth-order valence-electron chi connectivity index (χ4n) is 2.01. The molecule has 3 heteroatoms. The van der Waals surface area contributed by atoms with Crippen LogP contribution < -0.4 is 4.74 Å². The van der Waals surface area contributed by atoms with E-state index in [-0.39, 0.29) is 0 Å². The van der Waals surface area contributed by atoms with E-state index in [1.165, 1.54) is 23.3 Å². The highest BCUT2D eigenvalue weighted by atomic mass is 35.5. The predicted molar refractivity (Wildman–Crippen MR) is 93.3 cm³/mol. The lowest BCUT2D eigenvalue weighted by molar-refractivity contribution is 0.310. The minimum Gasteiger partial charge on any atom is -0.494 e. The van der Waals surface area contributed by atoms with Crippen molar-refractivity contribution < 1.29 is 4.74 Å². The molecule has 0 saturated heterocycles. The number of alkyl halides is 1. The number of hydrogen-bond donors (Lipinski definition) is 0. The molecule has 21 heavy (non-hydrogen) atoms. The van der Waals surface area contributed by atoms with Crippen molar-refractivity contribution in [1.29, 1.82) is 0 Å². The van der Waals surface area contributed by atoms with Crippen molar-refractivity contribution in [3.63, 3.8) is 0 Å². The quantitative estimate of drug-likeness (QED) is 0.444. The number of ether oxygens (including phenoxy) is 1. The molecule has 0 unspecified atom stereocenters. The van der Waals surface area contributed by atoms with Gasteiger partial charge in [-0.05, 0) is 41.9 Å². The van der Waals surface area contributed by atoms with Gasteiger partial charge >= 0.3 is 0 Å². The van der Waals surface area contributed by atoms with Crippen LogP contribution in [-0.2, 0) is 11.6 Å². The van der Waals surface area contributed by atoms with Gasteiger partial charge in [-0.15, -0.1) is 11.6 Å². The molecule has 2 rings (SSSR count). The van der Waals surface area contributed by atoms with E-state index in [9.17, 15) is 0 Å². The van der Waals surface area contributed by atoms with Crippen molar-refractivity contribution in [2.75, 3.05) is 12.4 Å². The van der Waals surface area contributed by atoms with Gasteiger partial charge in [0.25, 0.3) is 0 Å². The fraction of sp³-hybridized carbons (Fsp3) is 0.333. The van der Waals surface area contributed by atoms with Crippen LogP contribution in [0.2, 0.25) is 0 Å². The molecule has 0 N–H and O–H groups in total. The maximum Gasteiger partial charge on any atom is 0.119 e. The standard InChI is InChI=1S/C18H21ClOS/c19-14-16-7-6-8-17(13-16)15-21-12-5-4-11-20-18-9-2-1-3-10-18/h1-3,6-10,13H,4-5,11-12,14-15H2. The third-order valence-corrected chi connectivity index (χ3v) is 4.53. The number of rotatable bonds is 9. The summed E-state index contributed by atoms with van der Waals surface area (Å²) in [4.78, 5) is 0. The van der Waals surface area contributed by atoms with Crippen LogP contribution in [0.3, 0.4) is 0 Å². The molecule has 0 heterocycles. The van der Waals surface area contributed by atoms with Crippen LogP contribution in [0.5, 0.6) is 5.75 Å². The van der Waals surface area contributed by atoms with E-state index in [0.717, 1.165) is 24.5 Å². The topological polar surface area (TPSA) is 9.23 Å². The molecular formula is C18H21ClOS. The lowest BCUT2D eigenvalue weighted by Crippen LogP contribution is -1.97. The summed E-state index contributed by atoms with van der Waals surface area (Å²) in [5, 5.41) is 0. The molecule has 1 nitrogen and oxygen atoms in total. The summed E-state index contributed by atoms with van der Waals surface area (Å²) in [6, 6.07) is 18.5. The molecule has 112 valence electrons. The average Bonchev–Trinajstić information content (AvgIpc) is 2.55. The second-order valence-electron chi connectivity index (χ2n) is 4.87. The Morgan fingerprint density at radius 1 is 0.905 bits per heavy atom. The third-order valence-electron chi connectivity index (χ3n) is 3.11. The lowest BCUT2D eigenvalue weighted by Gasteiger charge is -2.06. The Hall–Kier alpha value is -1.12. The van der Waals surface area contributed by atoms with E-state index in [1.807, 2.05) is 42.1 Å². The largest absolute Gasteiger partial charge is 0.494 e. The molecule has 0 saturated carbocycles. The Morgan fingerprint density at radius 3 is 2.52 bits per heavy atom. The van der Waals surface area contributed by atoms with E-state index >= 15 is 0 Å². The minimum absolute atomic E-state index is 0.593. The van der Waals surface area contributed by atoms with Crippen LogP contribution in [-0.4, -0.2) is 12.4 Å². The zero-order chi connectivity index (χ0) is 14.8. The highest BCUT2D eigenvalue weighted by molar-refractivity contribution is 7.98. The molecule has 0 aliphatic carbocycles. The summed E-state index contributed by atoms with van der Waals surface area (Å²) in [6.07, 6.45) is 2.29. The van der Waals surface area contributed by atoms with Crippen LogP contribution in [0.4, 0.5) is 0 Å². The zero-order valence-electron chi connectivity index (χ0n) is 12.1. The first-order chi connectivity index (χ1) is 10.4. The van der Waals surface area contributed by atoms with E-state index in [4.69, 9.17) is 16.3 Å². The summed E-state index contributed by atoms with van der Waals surface area (Å²) in [5.74, 6) is 3.78. The Balaban J connectivity index is 1.54. The maximum atomic E-state index is 5.85. The van der Waals surface area contributed by atoms with Crippen LogP contribution in [0, 0.1) is 0 Å². The van der Waals surface area contributed by atoms with Crippen molar-refractivity contribution in [2.45, 2.75) is 24.5 Å². The number of unbranched alkanes of at least 4 members (excludes halogenated alkanes) is 1. The smallest absolute Gasteiger partial charge is 0.119 e. The van der Waals surface area contributed by atoms with Crippen molar-refractivity contribution in [1.82, 2.24) is 0 Å². The van der Waals surface area contributed by atoms with Gasteiger partial charge in [0.05, 0.1) is 6.61 Å². The number of hydrogen-bond acceptors (Lipinski definition) is 2. The molecule has 0 bridgehead atoms. The van der Waals surface area contributed by atoms with Gasteiger partial charge in [-0.2, -0.15) is 11.8 Å². The number of thioether (sulfide) groups is 1. The first-order valence-electron chi connectivity index (χ1n) is 7.28. The summed E-state index contributed by atoms with van der Waals surface area (Å²) in [5.41, 5.74) is 2.56. The van der Waals surface area contributed by atoms with E-state index < -0.39 is 0 Å². The van der Waals surface area contributed by atoms with Crippen molar-refractivity contribution in [3.8, 4) is 5.75 Å². The number of benzene rings is 2. The summed E-state index contributed by atoms with van der Waals surface area (Å²) < 4.78 is 5.68. The molecule has 0 aliphatic rings. The predicted octanol–water partition coefficient (Wildman–Crippen LogP) is 5.52. The second kappa shape index (κ2) is 9.75. The van der Waals surface area contributed by atoms with Gasteiger partial charge in [-0.25, -0.2) is 0 Å². The highest BCUT2D eigenvalue weighted by Crippen LogP contribution is 2.16. The fourth-order valence-corrected chi connectivity index (χ4v) is 3.14. The van der Waals surface area contributed by atoms with Crippen molar-refractivity contribution in [2.24, 2.45) is 0 Å². The first-order valence-corrected chi connectivity index (χ1v) is 8.97. The molecule has 0 atom stereocenters. The Bertz CT molecular complexity index is 516. The van der Waals surface area contributed by atoms with Gasteiger partial charge in [-0.1, -0.05) is 42.5 Å². The van der Waals surface area contributed by atoms with Gasteiger partial charge in [-0.3, -0.25) is 0 Å². The molecule has 0 spiro atoms.